The van der Waals surface area contributed by atoms with Crippen molar-refractivity contribution in [3.63, 3.8) is 0 Å². The average Bonchev–Trinajstić information content (AvgIpc) is 3.19. The first kappa shape index (κ1) is 16.0. The number of carbonyl (C=O) groups is 2. The monoisotopic (exact) mass is 335 g/mol. The van der Waals surface area contributed by atoms with Crippen molar-refractivity contribution in [2.75, 3.05) is 18.1 Å². The van der Waals surface area contributed by atoms with Crippen molar-refractivity contribution in [2.45, 2.75) is 42.7 Å². The van der Waals surface area contributed by atoms with Crippen LogP contribution in [-0.2, 0) is 15.6 Å². The molecule has 2 fully saturated rings. The maximum Gasteiger partial charge on any atom is 0.322 e. The van der Waals surface area contributed by atoms with E-state index in [2.05, 4.69) is 10.6 Å². The number of amides is 3. The zero-order valence-corrected chi connectivity index (χ0v) is 13.9. The predicted molar refractivity (Wildman–Crippen MR) is 88.7 cm³/mol. The second-order valence-electron chi connectivity index (χ2n) is 6.04. The van der Waals surface area contributed by atoms with Gasteiger partial charge >= 0.3 is 6.03 Å². The van der Waals surface area contributed by atoms with Gasteiger partial charge in [0.2, 0.25) is 5.91 Å². The molecule has 0 bridgehead atoms. The van der Waals surface area contributed by atoms with E-state index in [1.54, 1.807) is 35.4 Å². The van der Waals surface area contributed by atoms with Crippen LogP contribution in [-0.4, -0.2) is 45.9 Å². The van der Waals surface area contributed by atoms with Gasteiger partial charge in [0.15, 0.2) is 0 Å². The Morgan fingerprint density at radius 2 is 1.87 bits per heavy atom. The molecule has 1 saturated carbocycles. The summed E-state index contributed by atoms with van der Waals surface area (Å²) >= 11 is 0. The SMILES string of the molecule is CS(=O)c1ccc(NC(=O)N2CCCC2C(=O)NC2CC2)cc1. The molecule has 124 valence electrons. The molecule has 1 aromatic rings. The lowest BCUT2D eigenvalue weighted by Gasteiger charge is -2.24. The Labute approximate surface area is 138 Å². The Morgan fingerprint density at radius 3 is 2.48 bits per heavy atom. The smallest absolute Gasteiger partial charge is 0.322 e. The Hall–Kier alpha value is -1.89. The summed E-state index contributed by atoms with van der Waals surface area (Å²) in [6, 6.07) is 6.57. The molecule has 0 radical (unpaired) electrons. The summed E-state index contributed by atoms with van der Waals surface area (Å²) in [5, 5.41) is 5.78. The first-order valence-electron chi connectivity index (χ1n) is 7.86. The summed E-state index contributed by atoms with van der Waals surface area (Å²) in [6.45, 7) is 0.589. The van der Waals surface area contributed by atoms with E-state index in [1.807, 2.05) is 0 Å². The lowest BCUT2D eigenvalue weighted by atomic mass is 10.2. The predicted octanol–water partition coefficient (Wildman–Crippen LogP) is 1.70. The van der Waals surface area contributed by atoms with Crippen LogP contribution in [0.4, 0.5) is 10.5 Å². The first-order chi connectivity index (χ1) is 11.0. The zero-order chi connectivity index (χ0) is 16.4. The molecule has 0 spiro atoms. The van der Waals surface area contributed by atoms with E-state index in [1.165, 1.54) is 0 Å². The fourth-order valence-corrected chi connectivity index (χ4v) is 3.25. The van der Waals surface area contributed by atoms with E-state index in [-0.39, 0.29) is 18.0 Å². The molecular formula is C16H21N3O3S. The minimum absolute atomic E-state index is 0.0446. The van der Waals surface area contributed by atoms with Gasteiger partial charge in [0, 0.05) is 40.2 Å². The van der Waals surface area contributed by atoms with E-state index >= 15 is 0 Å². The number of carbonyl (C=O) groups excluding carboxylic acids is 2. The number of likely N-dealkylation sites (tertiary alicyclic amines) is 1. The molecule has 1 aliphatic heterocycles. The van der Waals surface area contributed by atoms with E-state index in [9.17, 15) is 13.8 Å². The van der Waals surface area contributed by atoms with Crippen LogP contribution in [0.15, 0.2) is 29.2 Å². The number of rotatable bonds is 4. The van der Waals surface area contributed by atoms with Crippen molar-refractivity contribution in [1.29, 1.82) is 0 Å². The lowest BCUT2D eigenvalue weighted by Crippen LogP contribution is -2.47. The van der Waals surface area contributed by atoms with Crippen LogP contribution < -0.4 is 10.6 Å². The molecule has 3 amide bonds. The van der Waals surface area contributed by atoms with Crippen LogP contribution in [0.25, 0.3) is 0 Å². The molecule has 1 saturated heterocycles. The molecule has 1 aliphatic carbocycles. The van der Waals surface area contributed by atoms with Crippen molar-refractivity contribution in [1.82, 2.24) is 10.2 Å². The summed E-state index contributed by atoms with van der Waals surface area (Å²) < 4.78 is 11.4. The molecule has 23 heavy (non-hydrogen) atoms. The van der Waals surface area contributed by atoms with Gasteiger partial charge in [-0.3, -0.25) is 9.00 Å². The number of nitrogens with zero attached hydrogens (tertiary/aromatic N) is 1. The molecule has 1 aromatic carbocycles. The van der Waals surface area contributed by atoms with Crippen molar-refractivity contribution in [2.24, 2.45) is 0 Å². The van der Waals surface area contributed by atoms with Gasteiger partial charge in [0.1, 0.15) is 6.04 Å². The molecule has 0 aromatic heterocycles. The van der Waals surface area contributed by atoms with Gasteiger partial charge in [-0.25, -0.2) is 4.79 Å². The second kappa shape index (κ2) is 6.70. The standard InChI is InChI=1S/C16H21N3O3S/c1-23(22)13-8-6-12(7-9-13)18-16(21)19-10-2-3-14(19)15(20)17-11-4-5-11/h6-9,11,14H,2-5,10H2,1H3,(H,17,20)(H,18,21). The molecule has 2 aliphatic rings. The number of anilines is 1. The van der Waals surface area contributed by atoms with Crippen LogP contribution in [0, 0.1) is 0 Å². The Balaban J connectivity index is 1.61. The van der Waals surface area contributed by atoms with Gasteiger partial charge in [-0.15, -0.1) is 0 Å². The van der Waals surface area contributed by atoms with Gasteiger partial charge in [-0.1, -0.05) is 0 Å². The second-order valence-corrected chi connectivity index (χ2v) is 7.42. The summed E-state index contributed by atoms with van der Waals surface area (Å²) in [6.07, 6.45) is 5.23. The van der Waals surface area contributed by atoms with E-state index in [0.717, 1.165) is 19.3 Å². The average molecular weight is 335 g/mol. The molecule has 2 N–H and O–H groups in total. The number of hydrogen-bond donors (Lipinski definition) is 2. The van der Waals surface area contributed by atoms with Crippen LogP contribution in [0.5, 0.6) is 0 Å². The van der Waals surface area contributed by atoms with Crippen molar-refractivity contribution in [3.8, 4) is 0 Å². The number of nitrogens with one attached hydrogen (secondary N) is 2. The van der Waals surface area contributed by atoms with E-state index in [4.69, 9.17) is 0 Å². The summed E-state index contributed by atoms with van der Waals surface area (Å²) in [5.74, 6) is -0.0446. The Kier molecular flexibility index (Phi) is 4.66. The third kappa shape index (κ3) is 3.90. The van der Waals surface area contributed by atoms with Crippen LogP contribution in [0.1, 0.15) is 25.7 Å². The van der Waals surface area contributed by atoms with Gasteiger partial charge in [0.25, 0.3) is 0 Å². The lowest BCUT2D eigenvalue weighted by molar-refractivity contribution is -0.124. The molecule has 2 unspecified atom stereocenters. The maximum absolute atomic E-state index is 12.4. The largest absolute Gasteiger partial charge is 0.352 e. The highest BCUT2D eigenvalue weighted by Crippen LogP contribution is 2.23. The van der Waals surface area contributed by atoms with Crippen molar-refractivity contribution >= 4 is 28.4 Å². The van der Waals surface area contributed by atoms with Gasteiger partial charge < -0.3 is 15.5 Å². The Morgan fingerprint density at radius 1 is 1.17 bits per heavy atom. The van der Waals surface area contributed by atoms with Gasteiger partial charge in [-0.2, -0.15) is 0 Å². The van der Waals surface area contributed by atoms with Gasteiger partial charge in [0.05, 0.1) is 0 Å². The molecule has 1 heterocycles. The molecule has 2 atom stereocenters. The van der Waals surface area contributed by atoms with E-state index in [0.29, 0.717) is 29.6 Å². The minimum Gasteiger partial charge on any atom is -0.352 e. The van der Waals surface area contributed by atoms with Gasteiger partial charge in [-0.05, 0) is 49.9 Å². The number of urea groups is 1. The minimum atomic E-state index is -1.04. The quantitative estimate of drug-likeness (QED) is 0.879. The summed E-state index contributed by atoms with van der Waals surface area (Å²) in [7, 11) is -1.04. The normalized spacial score (nSPS) is 21.8. The zero-order valence-electron chi connectivity index (χ0n) is 13.1. The third-order valence-electron chi connectivity index (χ3n) is 4.18. The van der Waals surface area contributed by atoms with Crippen LogP contribution in [0.3, 0.4) is 0 Å². The molecule has 6 nitrogen and oxygen atoms in total. The Bertz CT molecular complexity index is 628. The van der Waals surface area contributed by atoms with Crippen LogP contribution >= 0.6 is 0 Å². The van der Waals surface area contributed by atoms with Crippen molar-refractivity contribution in [3.05, 3.63) is 24.3 Å². The molecule has 3 rings (SSSR count). The highest BCUT2D eigenvalue weighted by molar-refractivity contribution is 7.84. The highest BCUT2D eigenvalue weighted by Gasteiger charge is 2.36. The topological polar surface area (TPSA) is 78.5 Å². The summed E-state index contributed by atoms with van der Waals surface area (Å²) in [5.41, 5.74) is 0.637. The van der Waals surface area contributed by atoms with E-state index < -0.39 is 10.8 Å². The number of hydrogen-bond acceptors (Lipinski definition) is 3. The highest BCUT2D eigenvalue weighted by atomic mass is 32.2. The van der Waals surface area contributed by atoms with Crippen LogP contribution in [0.2, 0.25) is 0 Å². The van der Waals surface area contributed by atoms with Crippen molar-refractivity contribution < 1.29 is 13.8 Å². The third-order valence-corrected chi connectivity index (χ3v) is 5.11. The molecule has 7 heteroatoms. The maximum atomic E-state index is 12.4. The fraction of sp³-hybridized carbons (Fsp3) is 0.500. The summed E-state index contributed by atoms with van der Waals surface area (Å²) in [4.78, 5) is 27.0. The molecular weight excluding hydrogens is 314 g/mol. The first-order valence-corrected chi connectivity index (χ1v) is 9.42. The fourth-order valence-electron chi connectivity index (χ4n) is 2.73. The number of benzene rings is 1.